The Labute approximate surface area is 240 Å². The Morgan fingerprint density at radius 2 is 1.32 bits per heavy atom. The second kappa shape index (κ2) is 11.9. The summed E-state index contributed by atoms with van der Waals surface area (Å²) in [7, 11) is 4.42. The molecule has 2 aliphatic carbocycles. The van der Waals surface area contributed by atoms with E-state index in [1.807, 2.05) is 0 Å². The Morgan fingerprint density at radius 1 is 0.703 bits per heavy atom. The molecule has 0 radical (unpaired) electrons. The van der Waals surface area contributed by atoms with Crippen molar-refractivity contribution in [3.05, 3.63) is 141 Å². The number of nitrogens with zero attached hydrogens (tertiary/aromatic N) is 1. The van der Waals surface area contributed by atoms with Crippen molar-refractivity contribution in [2.45, 2.75) is 12.8 Å². The molecule has 4 aromatic rings. The number of fused-ring (bicyclic) bond motifs is 3. The maximum absolute atomic E-state index is 2.63. The first-order valence-electron chi connectivity index (χ1n) is 12.4. The van der Waals surface area contributed by atoms with Crippen LogP contribution >= 0.6 is 0 Å². The van der Waals surface area contributed by atoms with E-state index in [9.17, 15) is 0 Å². The Morgan fingerprint density at radius 3 is 1.92 bits per heavy atom. The van der Waals surface area contributed by atoms with Crippen LogP contribution in [0.1, 0.15) is 28.7 Å². The Bertz CT molecular complexity index is 1460. The van der Waals surface area contributed by atoms with Crippen LogP contribution in [0.5, 0.6) is 0 Å². The second-order valence-corrected chi connectivity index (χ2v) is 15.4. The van der Waals surface area contributed by atoms with Crippen LogP contribution in [-0.2, 0) is 27.7 Å². The van der Waals surface area contributed by atoms with Crippen molar-refractivity contribution in [1.29, 1.82) is 0 Å². The van der Waals surface area contributed by atoms with Crippen molar-refractivity contribution < 1.29 is 46.1 Å². The van der Waals surface area contributed by atoms with E-state index in [2.05, 4.69) is 134 Å². The molecule has 0 atom stereocenters. The van der Waals surface area contributed by atoms with Crippen LogP contribution in [0.2, 0.25) is 0 Å². The molecule has 0 N–H and O–H groups in total. The summed E-state index contributed by atoms with van der Waals surface area (Å²) in [6, 6.07) is 36.0. The van der Waals surface area contributed by atoms with Crippen molar-refractivity contribution in [2.75, 3.05) is 19.0 Å². The van der Waals surface area contributed by atoms with Crippen LogP contribution in [0.4, 0.5) is 5.69 Å². The number of halogens is 2. The quantitative estimate of drug-likeness (QED) is 0.287. The number of rotatable bonds is 5. The molecule has 2 aliphatic rings. The second-order valence-electron chi connectivity index (χ2n) is 9.52. The van der Waals surface area contributed by atoms with Crippen LogP contribution in [0, 0.1) is 0 Å². The van der Waals surface area contributed by atoms with Gasteiger partial charge in [0, 0.05) is 0 Å². The van der Waals surface area contributed by atoms with E-state index >= 15 is 0 Å². The summed E-state index contributed by atoms with van der Waals surface area (Å²) < 4.78 is 4.88. The van der Waals surface area contributed by atoms with Crippen LogP contribution in [0.15, 0.2) is 119 Å². The van der Waals surface area contributed by atoms with E-state index in [1.54, 1.807) is 15.3 Å². The number of anilines is 1. The molecule has 0 unspecified atom stereocenters. The molecular formula is C33H29Cl2NZr. The zero-order valence-corrected chi connectivity index (χ0v) is 25.1. The fourth-order valence-electron chi connectivity index (χ4n) is 5.59. The first-order valence-corrected chi connectivity index (χ1v) is 16.0. The largest absolute Gasteiger partial charge is 1.00 e. The maximum atomic E-state index is 2.43. The van der Waals surface area contributed by atoms with Gasteiger partial charge in [0.2, 0.25) is 0 Å². The van der Waals surface area contributed by atoms with E-state index < -0.39 is 21.3 Å². The molecule has 6 rings (SSSR count). The van der Waals surface area contributed by atoms with Gasteiger partial charge in [0.25, 0.3) is 0 Å². The number of benzene rings is 4. The van der Waals surface area contributed by atoms with Gasteiger partial charge >= 0.3 is 217 Å². The van der Waals surface area contributed by atoms with Crippen LogP contribution in [-0.4, -0.2) is 17.3 Å². The summed E-state index contributed by atoms with van der Waals surface area (Å²) in [4.78, 5) is 2.34. The molecule has 0 amide bonds. The van der Waals surface area contributed by atoms with Gasteiger partial charge in [-0.2, -0.15) is 0 Å². The maximum Gasteiger partial charge on any atom is -1.00 e. The monoisotopic (exact) mass is 599 g/mol. The molecule has 0 bridgehead atoms. The van der Waals surface area contributed by atoms with Crippen molar-refractivity contribution in [3.8, 4) is 11.1 Å². The van der Waals surface area contributed by atoms with Gasteiger partial charge in [0.05, 0.1) is 0 Å². The van der Waals surface area contributed by atoms with Gasteiger partial charge in [-0.05, 0) is 0 Å². The zero-order chi connectivity index (χ0) is 23.8. The fourth-order valence-corrected chi connectivity index (χ4v) is 14.1. The molecule has 0 spiro atoms. The van der Waals surface area contributed by atoms with Crippen molar-refractivity contribution in [2.24, 2.45) is 0 Å². The van der Waals surface area contributed by atoms with Gasteiger partial charge < -0.3 is 24.8 Å². The normalized spacial score (nSPS) is 12.3. The number of hydrogen-bond donors (Lipinski definition) is 0. The standard InChI is InChI=1S/C15H14N.C13H10.C5H5.2ClH.Zr/c1-16(2)13-7-8-15-12(10-13)9-11-5-3-4-6-14(11)15;1-3-7-12(8-4-1)11-13-9-5-2-6-10-13;1-2-4-5-3-1;;;/h3-8H,9H2,1-2H3;1-10H;1-3H,4H2;2*1H;/q;;;;;+2/p-2. The van der Waals surface area contributed by atoms with Gasteiger partial charge in [-0.15, -0.1) is 0 Å². The molecule has 4 aromatic carbocycles. The number of allylic oxidation sites excluding steroid dienone is 4. The van der Waals surface area contributed by atoms with Crippen molar-refractivity contribution >= 4 is 12.2 Å². The minimum absolute atomic E-state index is 0. The molecule has 37 heavy (non-hydrogen) atoms. The van der Waals surface area contributed by atoms with E-state index in [4.69, 9.17) is 0 Å². The van der Waals surface area contributed by atoms with Crippen LogP contribution < -0.4 is 33.0 Å². The van der Waals surface area contributed by atoms with Gasteiger partial charge in [-0.3, -0.25) is 0 Å². The number of hydrogen-bond acceptors (Lipinski definition) is 1. The molecule has 0 aromatic heterocycles. The topological polar surface area (TPSA) is 3.24 Å². The molecule has 184 valence electrons. The van der Waals surface area contributed by atoms with E-state index in [1.165, 1.54) is 33.5 Å². The van der Waals surface area contributed by atoms with Crippen molar-refractivity contribution in [3.63, 3.8) is 0 Å². The Kier molecular flexibility index (Phi) is 8.86. The summed E-state index contributed by atoms with van der Waals surface area (Å²) in [6.45, 7) is 0. The van der Waals surface area contributed by atoms with E-state index in [0.29, 0.717) is 0 Å². The van der Waals surface area contributed by atoms with Gasteiger partial charge in [0.1, 0.15) is 0 Å². The third kappa shape index (κ3) is 5.13. The molecule has 4 heteroatoms. The Balaban J connectivity index is 0.00000160. The van der Waals surface area contributed by atoms with Crippen molar-refractivity contribution in [1.82, 2.24) is 0 Å². The summed E-state index contributed by atoms with van der Waals surface area (Å²) in [6.07, 6.45) is 9.15. The average Bonchev–Trinajstić information content (AvgIpc) is 3.56. The predicted molar refractivity (Wildman–Crippen MR) is 147 cm³/mol. The zero-order valence-electron chi connectivity index (χ0n) is 21.1. The summed E-state index contributed by atoms with van der Waals surface area (Å²) in [5, 5.41) is 0. The predicted octanol–water partition coefficient (Wildman–Crippen LogP) is 0.688. The molecule has 0 saturated heterocycles. The molecule has 0 fully saturated rings. The summed E-state index contributed by atoms with van der Waals surface area (Å²) in [5.41, 5.74) is 10.0. The SMILES string of the molecule is CN(C)c1ccc2c([c]1[Zr+2]([C]1=CC=CC1)=[C](c1ccccc1)c1ccccc1)Cc1ccccc1-2.[Cl-].[Cl-]. The van der Waals surface area contributed by atoms with Crippen LogP contribution in [0.25, 0.3) is 11.1 Å². The minimum Gasteiger partial charge on any atom is -1.00 e. The summed E-state index contributed by atoms with van der Waals surface area (Å²) >= 11 is -2.63. The molecular weight excluding hydrogens is 573 g/mol. The first-order chi connectivity index (χ1) is 17.2. The first kappa shape index (κ1) is 27.5. The van der Waals surface area contributed by atoms with E-state index in [0.717, 1.165) is 12.8 Å². The third-order valence-corrected chi connectivity index (χ3v) is 14.9. The van der Waals surface area contributed by atoms with Gasteiger partial charge in [0.15, 0.2) is 0 Å². The summed E-state index contributed by atoms with van der Waals surface area (Å²) in [5.74, 6) is 0. The molecule has 0 saturated carbocycles. The molecule has 0 heterocycles. The van der Waals surface area contributed by atoms with Crippen LogP contribution in [0.3, 0.4) is 0 Å². The van der Waals surface area contributed by atoms with Gasteiger partial charge in [-0.1, -0.05) is 0 Å². The minimum atomic E-state index is -2.63. The molecule has 0 aliphatic heterocycles. The van der Waals surface area contributed by atoms with E-state index in [-0.39, 0.29) is 24.8 Å². The average molecular weight is 602 g/mol. The molecule has 1 nitrogen and oxygen atoms in total. The smallest absolute Gasteiger partial charge is 1.00 e. The third-order valence-electron chi connectivity index (χ3n) is 7.16. The fraction of sp³-hybridized carbons (Fsp3) is 0.121. The van der Waals surface area contributed by atoms with Gasteiger partial charge in [-0.25, -0.2) is 0 Å². The Hall–Kier alpha value is -2.51.